The maximum Gasteiger partial charge on any atom is 0.419 e. The molecule has 1 atom stereocenters. The van der Waals surface area contributed by atoms with Gasteiger partial charge in [0.05, 0.1) is 11.2 Å². The van der Waals surface area contributed by atoms with E-state index in [0.717, 1.165) is 6.07 Å². The van der Waals surface area contributed by atoms with Gasteiger partial charge in [-0.15, -0.1) is 0 Å². The molecule has 0 radical (unpaired) electrons. The van der Waals surface area contributed by atoms with Crippen LogP contribution in [0.3, 0.4) is 0 Å². The standard InChI is InChI=1S/C14H19F4NO/c1-9(2)19-7-6-13(3,20)10-4-5-12(15)11(8-10)14(16,17)18/h4-5,8-9,19-20H,6-7H2,1-3H3. The highest BCUT2D eigenvalue weighted by molar-refractivity contribution is 5.30. The summed E-state index contributed by atoms with van der Waals surface area (Å²) in [5.74, 6) is -1.34. The number of rotatable bonds is 5. The molecule has 0 aromatic heterocycles. The molecule has 0 fully saturated rings. The van der Waals surface area contributed by atoms with Gasteiger partial charge in [-0.1, -0.05) is 19.9 Å². The highest BCUT2D eigenvalue weighted by atomic mass is 19.4. The number of alkyl halides is 3. The van der Waals surface area contributed by atoms with Crippen molar-refractivity contribution in [1.82, 2.24) is 5.32 Å². The van der Waals surface area contributed by atoms with Crippen LogP contribution in [0.15, 0.2) is 18.2 Å². The molecule has 2 nitrogen and oxygen atoms in total. The molecule has 0 aliphatic rings. The Balaban J connectivity index is 2.95. The predicted molar refractivity (Wildman–Crippen MR) is 68.7 cm³/mol. The third kappa shape index (κ3) is 4.45. The minimum absolute atomic E-state index is 0.0526. The Morgan fingerprint density at radius 2 is 1.85 bits per heavy atom. The minimum Gasteiger partial charge on any atom is -0.385 e. The summed E-state index contributed by atoms with van der Waals surface area (Å²) < 4.78 is 51.1. The average Bonchev–Trinajstić information content (AvgIpc) is 2.26. The number of hydrogen-bond donors (Lipinski definition) is 2. The number of halogens is 4. The topological polar surface area (TPSA) is 32.3 Å². The molecule has 0 bridgehead atoms. The van der Waals surface area contributed by atoms with Gasteiger partial charge < -0.3 is 10.4 Å². The van der Waals surface area contributed by atoms with Gasteiger partial charge >= 0.3 is 6.18 Å². The Kier molecular flexibility index (Phi) is 5.15. The molecule has 0 aliphatic carbocycles. The van der Waals surface area contributed by atoms with Gasteiger partial charge in [0.15, 0.2) is 0 Å². The fraction of sp³-hybridized carbons (Fsp3) is 0.571. The Bertz CT molecular complexity index is 455. The largest absolute Gasteiger partial charge is 0.419 e. The van der Waals surface area contributed by atoms with Crippen molar-refractivity contribution in [3.63, 3.8) is 0 Å². The minimum atomic E-state index is -4.77. The molecule has 1 aromatic carbocycles. The van der Waals surface area contributed by atoms with Crippen LogP contribution >= 0.6 is 0 Å². The lowest BCUT2D eigenvalue weighted by Crippen LogP contribution is -2.31. The zero-order valence-corrected chi connectivity index (χ0v) is 11.7. The van der Waals surface area contributed by atoms with Crippen LogP contribution in [0.2, 0.25) is 0 Å². The van der Waals surface area contributed by atoms with Gasteiger partial charge in [0.2, 0.25) is 0 Å². The monoisotopic (exact) mass is 293 g/mol. The van der Waals surface area contributed by atoms with Gasteiger partial charge in [-0.25, -0.2) is 4.39 Å². The Morgan fingerprint density at radius 3 is 2.35 bits per heavy atom. The molecule has 0 aliphatic heterocycles. The zero-order valence-electron chi connectivity index (χ0n) is 11.7. The van der Waals surface area contributed by atoms with Gasteiger partial charge in [-0.05, 0) is 37.6 Å². The molecular formula is C14H19F4NO. The van der Waals surface area contributed by atoms with Crippen molar-refractivity contribution in [2.75, 3.05) is 6.54 Å². The Hall–Kier alpha value is -1.14. The van der Waals surface area contributed by atoms with Gasteiger partial charge in [0.25, 0.3) is 0 Å². The van der Waals surface area contributed by atoms with Crippen LogP contribution in [0.4, 0.5) is 17.6 Å². The molecular weight excluding hydrogens is 274 g/mol. The second-order valence-electron chi connectivity index (χ2n) is 5.33. The van der Waals surface area contributed by atoms with Gasteiger partial charge in [-0.2, -0.15) is 13.2 Å². The van der Waals surface area contributed by atoms with Crippen LogP contribution in [0.25, 0.3) is 0 Å². The molecule has 114 valence electrons. The lowest BCUT2D eigenvalue weighted by molar-refractivity contribution is -0.140. The van der Waals surface area contributed by atoms with Crippen molar-refractivity contribution >= 4 is 0 Å². The van der Waals surface area contributed by atoms with Crippen molar-refractivity contribution in [3.8, 4) is 0 Å². The van der Waals surface area contributed by atoms with E-state index in [1.165, 1.54) is 13.0 Å². The fourth-order valence-electron chi connectivity index (χ4n) is 1.83. The van der Waals surface area contributed by atoms with E-state index >= 15 is 0 Å². The van der Waals surface area contributed by atoms with Gasteiger partial charge in [0.1, 0.15) is 5.82 Å². The first-order valence-electron chi connectivity index (χ1n) is 6.37. The SMILES string of the molecule is CC(C)NCCC(C)(O)c1ccc(F)c(C(F)(F)F)c1. The highest BCUT2D eigenvalue weighted by Gasteiger charge is 2.36. The number of benzene rings is 1. The third-order valence-corrected chi connectivity index (χ3v) is 3.06. The molecule has 0 saturated heterocycles. The summed E-state index contributed by atoms with van der Waals surface area (Å²) in [7, 11) is 0. The molecule has 1 aromatic rings. The quantitative estimate of drug-likeness (QED) is 0.815. The van der Waals surface area contributed by atoms with E-state index in [0.29, 0.717) is 12.6 Å². The summed E-state index contributed by atoms with van der Waals surface area (Å²) >= 11 is 0. The maximum atomic E-state index is 13.2. The van der Waals surface area contributed by atoms with Crippen LogP contribution in [-0.2, 0) is 11.8 Å². The molecule has 6 heteroatoms. The number of nitrogens with one attached hydrogen (secondary N) is 1. The third-order valence-electron chi connectivity index (χ3n) is 3.06. The second kappa shape index (κ2) is 6.10. The van der Waals surface area contributed by atoms with E-state index in [1.807, 2.05) is 13.8 Å². The van der Waals surface area contributed by atoms with Crippen molar-refractivity contribution in [2.24, 2.45) is 0 Å². The molecule has 0 amide bonds. The van der Waals surface area contributed by atoms with E-state index in [9.17, 15) is 22.7 Å². The van der Waals surface area contributed by atoms with Gasteiger partial charge in [0, 0.05) is 6.04 Å². The van der Waals surface area contributed by atoms with Crippen LogP contribution in [0, 0.1) is 5.82 Å². The molecule has 0 heterocycles. The molecule has 20 heavy (non-hydrogen) atoms. The average molecular weight is 293 g/mol. The lowest BCUT2D eigenvalue weighted by atomic mass is 9.91. The van der Waals surface area contributed by atoms with Crippen LogP contribution < -0.4 is 5.32 Å². The van der Waals surface area contributed by atoms with E-state index in [4.69, 9.17) is 0 Å². The van der Waals surface area contributed by atoms with E-state index in [-0.39, 0.29) is 18.0 Å². The second-order valence-corrected chi connectivity index (χ2v) is 5.33. The first-order valence-corrected chi connectivity index (χ1v) is 6.37. The first-order chi connectivity index (χ1) is 9.04. The summed E-state index contributed by atoms with van der Waals surface area (Å²) in [5, 5.41) is 13.3. The molecule has 2 N–H and O–H groups in total. The zero-order chi connectivity index (χ0) is 15.6. The smallest absolute Gasteiger partial charge is 0.385 e. The normalized spacial score (nSPS) is 15.4. The van der Waals surface area contributed by atoms with Crippen LogP contribution in [0.5, 0.6) is 0 Å². The summed E-state index contributed by atoms with van der Waals surface area (Å²) in [6, 6.07) is 2.80. The van der Waals surface area contributed by atoms with Crippen molar-refractivity contribution in [2.45, 2.75) is 45.0 Å². The van der Waals surface area contributed by atoms with Crippen molar-refractivity contribution in [3.05, 3.63) is 35.1 Å². The highest BCUT2D eigenvalue weighted by Crippen LogP contribution is 2.34. The Labute approximate surface area is 115 Å². The van der Waals surface area contributed by atoms with E-state index in [1.54, 1.807) is 0 Å². The Morgan fingerprint density at radius 1 is 1.25 bits per heavy atom. The first kappa shape index (κ1) is 16.9. The predicted octanol–water partition coefficient (Wildman–Crippen LogP) is 3.44. The van der Waals surface area contributed by atoms with E-state index in [2.05, 4.69) is 5.32 Å². The fourth-order valence-corrected chi connectivity index (χ4v) is 1.83. The summed E-state index contributed by atoms with van der Waals surface area (Å²) in [5.41, 5.74) is -2.75. The number of hydrogen-bond acceptors (Lipinski definition) is 2. The molecule has 0 spiro atoms. The summed E-state index contributed by atoms with van der Waals surface area (Å²) in [6.45, 7) is 5.72. The molecule has 1 rings (SSSR count). The maximum absolute atomic E-state index is 13.2. The van der Waals surface area contributed by atoms with Crippen molar-refractivity contribution < 1.29 is 22.7 Å². The van der Waals surface area contributed by atoms with Crippen molar-refractivity contribution in [1.29, 1.82) is 0 Å². The summed E-state index contributed by atoms with van der Waals surface area (Å²) in [4.78, 5) is 0. The number of aliphatic hydroxyl groups is 1. The lowest BCUT2D eigenvalue weighted by Gasteiger charge is -2.25. The van der Waals surface area contributed by atoms with Gasteiger partial charge in [-0.3, -0.25) is 0 Å². The molecule has 0 saturated carbocycles. The molecule has 1 unspecified atom stereocenters. The van der Waals surface area contributed by atoms with Crippen LogP contribution in [-0.4, -0.2) is 17.7 Å². The van der Waals surface area contributed by atoms with Crippen LogP contribution in [0.1, 0.15) is 38.3 Å². The summed E-state index contributed by atoms with van der Waals surface area (Å²) in [6.07, 6.45) is -4.54. The van der Waals surface area contributed by atoms with E-state index < -0.39 is 23.2 Å².